The number of amides is 1. The lowest BCUT2D eigenvalue weighted by molar-refractivity contribution is -0.121. The minimum atomic E-state index is -0.0608. The molecule has 2 aromatic rings. The molecule has 0 radical (unpaired) electrons. The van der Waals surface area contributed by atoms with Crippen LogP contribution in [0.2, 0.25) is 0 Å². The van der Waals surface area contributed by atoms with E-state index in [9.17, 15) is 4.79 Å². The van der Waals surface area contributed by atoms with Crippen molar-refractivity contribution in [1.82, 2.24) is 5.43 Å². The van der Waals surface area contributed by atoms with E-state index in [1.54, 1.807) is 17.6 Å². The van der Waals surface area contributed by atoms with E-state index in [4.69, 9.17) is 0 Å². The zero-order valence-corrected chi connectivity index (χ0v) is 11.6. The summed E-state index contributed by atoms with van der Waals surface area (Å²) < 4.78 is 0. The second-order valence-corrected chi connectivity index (χ2v) is 5.19. The van der Waals surface area contributed by atoms with Crippen LogP contribution in [0.4, 0.5) is 0 Å². The molecule has 0 atom stereocenters. The summed E-state index contributed by atoms with van der Waals surface area (Å²) in [6.45, 7) is 2.02. The predicted octanol–water partition coefficient (Wildman–Crippen LogP) is 3.14. The average molecular weight is 272 g/mol. The number of aryl methyl sites for hydroxylation is 2. The quantitative estimate of drug-likeness (QED) is 0.659. The van der Waals surface area contributed by atoms with Crippen molar-refractivity contribution in [2.45, 2.75) is 19.8 Å². The molecule has 0 spiro atoms. The largest absolute Gasteiger partial charge is 0.273 e. The molecule has 0 bridgehead atoms. The molecule has 1 N–H and O–H groups in total. The number of rotatable bonds is 5. The summed E-state index contributed by atoms with van der Waals surface area (Å²) in [5.41, 5.74) is 4.89. The van der Waals surface area contributed by atoms with Gasteiger partial charge in [-0.15, -0.1) is 11.3 Å². The molecule has 0 aliphatic carbocycles. The Morgan fingerprint density at radius 3 is 2.79 bits per heavy atom. The van der Waals surface area contributed by atoms with Crippen molar-refractivity contribution in [2.75, 3.05) is 0 Å². The fraction of sp³-hybridized carbons (Fsp3) is 0.200. The van der Waals surface area contributed by atoms with Gasteiger partial charge in [-0.2, -0.15) is 5.10 Å². The number of carbonyl (C=O) groups excluding carboxylic acids is 1. The molecule has 1 heterocycles. The smallest absolute Gasteiger partial charge is 0.240 e. The lowest BCUT2D eigenvalue weighted by Gasteiger charge is -2.00. The molecule has 0 aliphatic heterocycles. The van der Waals surface area contributed by atoms with Crippen LogP contribution in [0.15, 0.2) is 46.9 Å². The van der Waals surface area contributed by atoms with Gasteiger partial charge in [0.2, 0.25) is 5.91 Å². The Bertz CT molecular complexity index is 561. The van der Waals surface area contributed by atoms with Gasteiger partial charge in [-0.1, -0.05) is 30.3 Å². The highest BCUT2D eigenvalue weighted by molar-refractivity contribution is 7.11. The second-order valence-electron chi connectivity index (χ2n) is 4.25. The molecular formula is C15H16N2OS. The molecule has 4 heteroatoms. The number of hydrogen-bond donors (Lipinski definition) is 1. The van der Waals surface area contributed by atoms with Crippen molar-refractivity contribution in [3.05, 3.63) is 57.8 Å². The number of hydrogen-bond acceptors (Lipinski definition) is 3. The highest BCUT2D eigenvalue weighted by atomic mass is 32.1. The van der Waals surface area contributed by atoms with E-state index >= 15 is 0 Å². The molecule has 0 fully saturated rings. The Morgan fingerprint density at radius 2 is 2.11 bits per heavy atom. The van der Waals surface area contributed by atoms with Gasteiger partial charge in [0, 0.05) is 11.3 Å². The van der Waals surface area contributed by atoms with E-state index in [1.807, 2.05) is 48.7 Å². The number of nitrogens with one attached hydrogen (secondary N) is 1. The maximum atomic E-state index is 11.6. The van der Waals surface area contributed by atoms with Gasteiger partial charge in [0.05, 0.1) is 6.21 Å². The van der Waals surface area contributed by atoms with Gasteiger partial charge in [0.15, 0.2) is 0 Å². The van der Waals surface area contributed by atoms with Crippen molar-refractivity contribution in [3.63, 3.8) is 0 Å². The predicted molar refractivity (Wildman–Crippen MR) is 79.6 cm³/mol. The number of carbonyl (C=O) groups is 1. The van der Waals surface area contributed by atoms with Crippen molar-refractivity contribution in [2.24, 2.45) is 5.10 Å². The molecule has 0 aliphatic rings. The highest BCUT2D eigenvalue weighted by Crippen LogP contribution is 2.12. The third-order valence-corrected chi connectivity index (χ3v) is 3.71. The van der Waals surface area contributed by atoms with Crippen LogP contribution in [0.25, 0.3) is 0 Å². The van der Waals surface area contributed by atoms with E-state index in [2.05, 4.69) is 10.5 Å². The van der Waals surface area contributed by atoms with Gasteiger partial charge in [0.25, 0.3) is 0 Å². The molecule has 19 heavy (non-hydrogen) atoms. The summed E-state index contributed by atoms with van der Waals surface area (Å²) in [4.78, 5) is 12.7. The van der Waals surface area contributed by atoms with E-state index in [0.717, 1.165) is 16.9 Å². The average Bonchev–Trinajstić information content (AvgIpc) is 2.83. The van der Waals surface area contributed by atoms with Gasteiger partial charge in [-0.25, -0.2) is 5.43 Å². The van der Waals surface area contributed by atoms with Gasteiger partial charge >= 0.3 is 0 Å². The Kier molecular flexibility index (Phi) is 4.86. The summed E-state index contributed by atoms with van der Waals surface area (Å²) in [7, 11) is 0. The van der Waals surface area contributed by atoms with Crippen LogP contribution in [-0.4, -0.2) is 12.1 Å². The molecule has 98 valence electrons. The van der Waals surface area contributed by atoms with E-state index < -0.39 is 0 Å². The summed E-state index contributed by atoms with van der Waals surface area (Å²) in [6.07, 6.45) is 2.88. The lowest BCUT2D eigenvalue weighted by atomic mass is 10.1. The third-order valence-electron chi connectivity index (χ3n) is 2.76. The van der Waals surface area contributed by atoms with Gasteiger partial charge in [0.1, 0.15) is 0 Å². The zero-order valence-electron chi connectivity index (χ0n) is 10.8. The second kappa shape index (κ2) is 6.85. The van der Waals surface area contributed by atoms with Crippen LogP contribution in [0.3, 0.4) is 0 Å². The summed E-state index contributed by atoms with van der Waals surface area (Å²) in [5.74, 6) is -0.0608. The van der Waals surface area contributed by atoms with Gasteiger partial charge in [-0.3, -0.25) is 4.79 Å². The number of benzene rings is 1. The first-order chi connectivity index (χ1) is 9.25. The fourth-order valence-electron chi connectivity index (χ4n) is 1.64. The monoisotopic (exact) mass is 272 g/mol. The topological polar surface area (TPSA) is 41.5 Å². The van der Waals surface area contributed by atoms with Crippen molar-refractivity contribution in [3.8, 4) is 0 Å². The maximum Gasteiger partial charge on any atom is 0.240 e. The summed E-state index contributed by atoms with van der Waals surface area (Å²) in [6, 6.07) is 12.0. The van der Waals surface area contributed by atoms with E-state index in [0.29, 0.717) is 6.42 Å². The highest BCUT2D eigenvalue weighted by Gasteiger charge is 2.00. The maximum absolute atomic E-state index is 11.6. The standard InChI is InChI=1S/C15H16N2OS/c1-12-9-10-19-14(12)11-16-17-15(18)8-7-13-5-3-2-4-6-13/h2-6,9-11H,7-8H2,1H3,(H,17,18)/b16-11-. The summed E-state index contributed by atoms with van der Waals surface area (Å²) in [5, 5.41) is 5.98. The normalized spacial score (nSPS) is 10.8. The van der Waals surface area contributed by atoms with Crippen LogP contribution in [0.1, 0.15) is 22.4 Å². The number of nitrogens with zero attached hydrogens (tertiary/aromatic N) is 1. The minimum absolute atomic E-state index is 0.0608. The molecule has 3 nitrogen and oxygen atoms in total. The van der Waals surface area contributed by atoms with E-state index in [1.165, 1.54) is 5.56 Å². The van der Waals surface area contributed by atoms with Gasteiger partial charge < -0.3 is 0 Å². The van der Waals surface area contributed by atoms with Gasteiger partial charge in [-0.05, 0) is 35.9 Å². The fourth-order valence-corrected chi connectivity index (χ4v) is 2.42. The minimum Gasteiger partial charge on any atom is -0.273 e. The van der Waals surface area contributed by atoms with Crippen LogP contribution >= 0.6 is 11.3 Å². The molecule has 0 unspecified atom stereocenters. The SMILES string of the molecule is Cc1ccsc1/C=N\NC(=O)CCc1ccccc1. The third kappa shape index (κ3) is 4.34. The van der Waals surface area contributed by atoms with Crippen molar-refractivity contribution >= 4 is 23.5 Å². The van der Waals surface area contributed by atoms with Crippen LogP contribution < -0.4 is 5.43 Å². The Balaban J connectivity index is 1.76. The van der Waals surface area contributed by atoms with Crippen molar-refractivity contribution < 1.29 is 4.79 Å². The van der Waals surface area contributed by atoms with Crippen LogP contribution in [0.5, 0.6) is 0 Å². The molecule has 0 saturated carbocycles. The van der Waals surface area contributed by atoms with E-state index in [-0.39, 0.29) is 5.91 Å². The first-order valence-corrected chi connectivity index (χ1v) is 7.03. The Morgan fingerprint density at radius 1 is 1.32 bits per heavy atom. The first kappa shape index (κ1) is 13.5. The summed E-state index contributed by atoms with van der Waals surface area (Å²) >= 11 is 1.61. The molecule has 0 saturated heterocycles. The molecule has 1 aromatic heterocycles. The number of thiophene rings is 1. The molecule has 2 rings (SSSR count). The molecule has 1 aromatic carbocycles. The van der Waals surface area contributed by atoms with Crippen LogP contribution in [0, 0.1) is 6.92 Å². The molecule has 1 amide bonds. The van der Waals surface area contributed by atoms with Crippen LogP contribution in [-0.2, 0) is 11.2 Å². The zero-order chi connectivity index (χ0) is 13.5. The number of hydrazone groups is 1. The van der Waals surface area contributed by atoms with Crippen molar-refractivity contribution in [1.29, 1.82) is 0 Å². The Labute approximate surface area is 117 Å². The molecular weight excluding hydrogens is 256 g/mol. The Hall–Kier alpha value is -1.94. The lowest BCUT2D eigenvalue weighted by Crippen LogP contribution is -2.17. The first-order valence-electron chi connectivity index (χ1n) is 6.15.